The Morgan fingerprint density at radius 2 is 2.11 bits per heavy atom. The molecule has 0 spiro atoms. The zero-order chi connectivity index (χ0) is 13.2. The highest BCUT2D eigenvalue weighted by atomic mass is 16.5. The molecule has 3 rings (SSSR count). The number of nitrogens with two attached hydrogens (primary N) is 1. The van der Waals surface area contributed by atoms with Gasteiger partial charge in [0.15, 0.2) is 11.5 Å². The second kappa shape index (κ2) is 4.56. The first-order chi connectivity index (χ1) is 9.24. The minimum atomic E-state index is 0.292. The number of hydrogen-bond acceptors (Lipinski definition) is 5. The maximum absolute atomic E-state index is 5.81. The van der Waals surface area contributed by atoms with Gasteiger partial charge in [0.25, 0.3) is 0 Å². The van der Waals surface area contributed by atoms with Crippen molar-refractivity contribution >= 4 is 11.3 Å². The van der Waals surface area contributed by atoms with Crippen LogP contribution in [-0.4, -0.2) is 19.6 Å². The molecule has 6 nitrogen and oxygen atoms in total. The average Bonchev–Trinajstić information content (AvgIpc) is 2.80. The Balaban J connectivity index is 1.84. The summed E-state index contributed by atoms with van der Waals surface area (Å²) in [5.74, 6) is 1.32. The van der Waals surface area contributed by atoms with E-state index < -0.39 is 0 Å². The average molecular weight is 255 g/mol. The van der Waals surface area contributed by atoms with Gasteiger partial charge >= 0.3 is 0 Å². The maximum Gasteiger partial charge on any atom is 0.176 e. The predicted octanol–water partition coefficient (Wildman–Crippen LogP) is 1.59. The minimum absolute atomic E-state index is 0.292. The van der Waals surface area contributed by atoms with Gasteiger partial charge in [0.05, 0.1) is 5.69 Å². The largest absolute Gasteiger partial charge is 0.483 e. The van der Waals surface area contributed by atoms with Gasteiger partial charge in [0, 0.05) is 11.8 Å². The second-order valence-corrected chi connectivity index (χ2v) is 4.20. The Kier molecular flexibility index (Phi) is 2.75. The van der Waals surface area contributed by atoms with Crippen molar-refractivity contribution < 1.29 is 4.74 Å². The lowest BCUT2D eigenvalue weighted by molar-refractivity contribution is 0.296. The molecule has 0 unspecified atom stereocenters. The topological polar surface area (TPSA) is 78.3 Å². The van der Waals surface area contributed by atoms with E-state index in [1.165, 1.54) is 0 Å². The molecule has 0 atom stereocenters. The smallest absolute Gasteiger partial charge is 0.176 e. The summed E-state index contributed by atoms with van der Waals surface area (Å²) in [4.78, 5) is 4.22. The van der Waals surface area contributed by atoms with Gasteiger partial charge in [0.2, 0.25) is 0 Å². The van der Waals surface area contributed by atoms with Gasteiger partial charge in [-0.2, -0.15) is 0 Å². The molecule has 3 aromatic rings. The Morgan fingerprint density at radius 3 is 2.95 bits per heavy atom. The zero-order valence-corrected chi connectivity index (χ0v) is 10.4. The first-order valence-electron chi connectivity index (χ1n) is 5.87. The van der Waals surface area contributed by atoms with Crippen LogP contribution in [0.1, 0.15) is 11.5 Å². The number of aryl methyl sites for hydroxylation is 1. The van der Waals surface area contributed by atoms with E-state index in [0.29, 0.717) is 23.9 Å². The van der Waals surface area contributed by atoms with E-state index in [-0.39, 0.29) is 0 Å². The molecule has 0 saturated heterocycles. The van der Waals surface area contributed by atoms with Crippen molar-refractivity contribution in [2.24, 2.45) is 0 Å². The minimum Gasteiger partial charge on any atom is -0.483 e. The molecule has 2 N–H and O–H groups in total. The van der Waals surface area contributed by atoms with Crippen LogP contribution in [0.3, 0.4) is 0 Å². The quantitative estimate of drug-likeness (QED) is 0.719. The van der Waals surface area contributed by atoms with Crippen molar-refractivity contribution in [3.8, 4) is 5.75 Å². The van der Waals surface area contributed by atoms with Crippen molar-refractivity contribution in [1.29, 1.82) is 0 Å². The first-order valence-corrected chi connectivity index (χ1v) is 5.87. The van der Waals surface area contributed by atoms with Crippen LogP contribution in [0.25, 0.3) is 5.65 Å². The van der Waals surface area contributed by atoms with E-state index in [4.69, 9.17) is 10.5 Å². The molecule has 96 valence electrons. The van der Waals surface area contributed by atoms with Crippen LogP contribution < -0.4 is 10.5 Å². The van der Waals surface area contributed by atoms with Gasteiger partial charge in [-0.15, -0.1) is 10.2 Å². The van der Waals surface area contributed by atoms with Gasteiger partial charge in [-0.1, -0.05) is 12.1 Å². The molecule has 1 aromatic carbocycles. The highest BCUT2D eigenvalue weighted by Gasteiger charge is 2.07. The predicted molar refractivity (Wildman–Crippen MR) is 70.7 cm³/mol. The molecular weight excluding hydrogens is 242 g/mol. The number of ether oxygens (including phenoxy) is 1. The summed E-state index contributed by atoms with van der Waals surface area (Å²) >= 11 is 0. The molecule has 0 aliphatic rings. The summed E-state index contributed by atoms with van der Waals surface area (Å²) in [5, 5.41) is 8.16. The summed E-state index contributed by atoms with van der Waals surface area (Å²) in [6.45, 7) is 2.20. The summed E-state index contributed by atoms with van der Waals surface area (Å²) in [6.07, 6.45) is 1.69. The number of benzene rings is 1. The first kappa shape index (κ1) is 11.5. The number of aromatic nitrogens is 4. The van der Waals surface area contributed by atoms with E-state index >= 15 is 0 Å². The van der Waals surface area contributed by atoms with Crippen LogP contribution in [0.5, 0.6) is 5.75 Å². The van der Waals surface area contributed by atoms with E-state index in [2.05, 4.69) is 15.2 Å². The molecule has 0 saturated carbocycles. The molecule has 0 radical (unpaired) electrons. The fourth-order valence-electron chi connectivity index (χ4n) is 1.79. The number of rotatable bonds is 3. The number of nitrogens with zero attached hydrogens (tertiary/aromatic N) is 4. The van der Waals surface area contributed by atoms with Gasteiger partial charge in [-0.05, 0) is 19.1 Å². The molecule has 0 bridgehead atoms. The van der Waals surface area contributed by atoms with Crippen molar-refractivity contribution in [3.05, 3.63) is 48.2 Å². The van der Waals surface area contributed by atoms with Crippen molar-refractivity contribution in [3.63, 3.8) is 0 Å². The molecular formula is C13H13N5O. The third-order valence-corrected chi connectivity index (χ3v) is 2.78. The monoisotopic (exact) mass is 255 g/mol. The molecule has 0 aliphatic heterocycles. The number of nitrogen functional groups attached to an aromatic ring is 1. The Morgan fingerprint density at radius 1 is 1.26 bits per heavy atom. The molecule has 6 heteroatoms. The summed E-state index contributed by atoms with van der Waals surface area (Å²) in [6, 6.07) is 9.22. The van der Waals surface area contributed by atoms with Gasteiger partial charge in [-0.25, -0.2) is 4.98 Å². The Hall–Kier alpha value is -2.63. The summed E-state index contributed by atoms with van der Waals surface area (Å²) < 4.78 is 7.44. The van der Waals surface area contributed by atoms with Gasteiger partial charge in [0.1, 0.15) is 18.7 Å². The van der Waals surface area contributed by atoms with Crippen LogP contribution in [0.15, 0.2) is 36.7 Å². The highest BCUT2D eigenvalue weighted by molar-refractivity contribution is 5.51. The number of anilines is 1. The molecule has 0 fully saturated rings. The van der Waals surface area contributed by atoms with Crippen LogP contribution in [0, 0.1) is 6.92 Å². The number of para-hydroxylation sites is 2. The zero-order valence-electron chi connectivity index (χ0n) is 10.4. The second-order valence-electron chi connectivity index (χ2n) is 4.20. The van der Waals surface area contributed by atoms with Crippen molar-refractivity contribution in [2.75, 3.05) is 5.73 Å². The lowest BCUT2D eigenvalue weighted by Gasteiger charge is -2.07. The highest BCUT2D eigenvalue weighted by Crippen LogP contribution is 2.20. The third-order valence-electron chi connectivity index (χ3n) is 2.78. The molecule has 2 aromatic heterocycles. The number of fused-ring (bicyclic) bond motifs is 1. The fraction of sp³-hybridized carbons (Fsp3) is 0.154. The molecule has 2 heterocycles. The SMILES string of the molecule is Cc1cc2nnc(COc3ccccc3N)n2cn1. The lowest BCUT2D eigenvalue weighted by atomic mass is 10.3. The van der Waals surface area contributed by atoms with Gasteiger partial charge < -0.3 is 10.5 Å². The van der Waals surface area contributed by atoms with E-state index in [1.807, 2.05) is 31.2 Å². The summed E-state index contributed by atoms with van der Waals surface area (Å²) in [5.41, 5.74) is 8.07. The van der Waals surface area contributed by atoms with Crippen LogP contribution in [0.4, 0.5) is 5.69 Å². The van der Waals surface area contributed by atoms with Crippen LogP contribution in [-0.2, 0) is 6.61 Å². The number of hydrogen-bond donors (Lipinski definition) is 1. The van der Waals surface area contributed by atoms with Gasteiger partial charge in [-0.3, -0.25) is 4.40 Å². The van der Waals surface area contributed by atoms with Crippen LogP contribution >= 0.6 is 0 Å². The lowest BCUT2D eigenvalue weighted by Crippen LogP contribution is -2.03. The third kappa shape index (κ3) is 2.20. The molecule has 0 aliphatic carbocycles. The van der Waals surface area contributed by atoms with E-state index in [9.17, 15) is 0 Å². The molecule has 0 amide bonds. The van der Waals surface area contributed by atoms with E-state index in [1.54, 1.807) is 16.8 Å². The molecule has 19 heavy (non-hydrogen) atoms. The van der Waals surface area contributed by atoms with Crippen molar-refractivity contribution in [1.82, 2.24) is 19.6 Å². The Labute approximate surface area is 109 Å². The Bertz CT molecular complexity index is 722. The fourth-order valence-corrected chi connectivity index (χ4v) is 1.79. The van der Waals surface area contributed by atoms with E-state index in [0.717, 1.165) is 11.3 Å². The summed E-state index contributed by atoms with van der Waals surface area (Å²) in [7, 11) is 0. The standard InChI is InChI=1S/C13H13N5O/c1-9-6-12-16-17-13(18(12)8-15-9)7-19-11-5-3-2-4-10(11)14/h2-6,8H,7,14H2,1H3. The van der Waals surface area contributed by atoms with Crippen LogP contribution in [0.2, 0.25) is 0 Å². The van der Waals surface area contributed by atoms with Crippen molar-refractivity contribution in [2.45, 2.75) is 13.5 Å². The maximum atomic E-state index is 5.81. The normalized spacial score (nSPS) is 10.8.